The van der Waals surface area contributed by atoms with E-state index in [0.29, 0.717) is 18.0 Å². The summed E-state index contributed by atoms with van der Waals surface area (Å²) in [5.74, 6) is 0.887. The maximum Gasteiger partial charge on any atom is 0.156 e. The first-order chi connectivity index (χ1) is 14.0. The number of benzene rings is 2. The Kier molecular flexibility index (Phi) is 7.70. The van der Waals surface area contributed by atoms with Crippen molar-refractivity contribution in [3.63, 3.8) is 0 Å². The van der Waals surface area contributed by atoms with Crippen LogP contribution in [-0.4, -0.2) is 71.9 Å². The number of aliphatic hydroxyl groups excluding tert-OH is 1. The predicted molar refractivity (Wildman–Crippen MR) is 113 cm³/mol. The molecule has 0 aromatic heterocycles. The van der Waals surface area contributed by atoms with E-state index in [1.54, 1.807) is 36.4 Å². The van der Waals surface area contributed by atoms with E-state index in [-0.39, 0.29) is 12.4 Å². The molecule has 1 aliphatic heterocycles. The van der Waals surface area contributed by atoms with Gasteiger partial charge in [0.15, 0.2) is 10.9 Å². The summed E-state index contributed by atoms with van der Waals surface area (Å²) in [5.41, 5.74) is 1.64. The number of thiol groups is 1. The highest BCUT2D eigenvalue weighted by Crippen LogP contribution is 2.20. The van der Waals surface area contributed by atoms with Crippen molar-refractivity contribution in [3.05, 3.63) is 48.5 Å². The van der Waals surface area contributed by atoms with Gasteiger partial charge in [-0.25, -0.2) is 4.21 Å². The monoisotopic (exact) mass is 421 g/mol. The lowest BCUT2D eigenvalue weighted by Crippen LogP contribution is -2.49. The van der Waals surface area contributed by atoms with Crippen LogP contribution < -0.4 is 9.64 Å². The number of hydrogen-bond acceptors (Lipinski definition) is 8. The van der Waals surface area contributed by atoms with Crippen molar-refractivity contribution in [1.82, 2.24) is 4.90 Å². The van der Waals surface area contributed by atoms with Crippen molar-refractivity contribution < 1.29 is 23.3 Å². The zero-order valence-corrected chi connectivity index (χ0v) is 17.2. The zero-order chi connectivity index (χ0) is 20.6. The number of nitrogens with zero attached hydrogens (tertiary/aromatic N) is 3. The van der Waals surface area contributed by atoms with E-state index in [0.717, 1.165) is 31.9 Å². The van der Waals surface area contributed by atoms with Gasteiger partial charge in [0.2, 0.25) is 0 Å². The SMILES string of the molecule is CO[SH](=O)=Nc1ccc(OCC(O)CN2CCN(c3ccc(O)cc3)CC2)cc1. The molecule has 1 saturated heterocycles. The molecule has 8 nitrogen and oxygen atoms in total. The van der Waals surface area contributed by atoms with Gasteiger partial charge in [-0.15, -0.1) is 0 Å². The molecular weight excluding hydrogens is 394 g/mol. The number of phenolic OH excluding ortho intramolecular Hbond substituents is 1. The fourth-order valence-corrected chi connectivity index (χ4v) is 3.54. The third-order valence-corrected chi connectivity index (χ3v) is 5.40. The van der Waals surface area contributed by atoms with Crippen LogP contribution in [-0.2, 0) is 15.1 Å². The number of aliphatic hydroxyl groups is 1. The molecule has 2 unspecified atom stereocenters. The summed E-state index contributed by atoms with van der Waals surface area (Å²) in [6.07, 6.45) is -0.595. The molecule has 3 rings (SSSR count). The van der Waals surface area contributed by atoms with E-state index in [1.165, 1.54) is 7.11 Å². The van der Waals surface area contributed by atoms with Crippen LogP contribution >= 0.6 is 0 Å². The third-order valence-electron chi connectivity index (χ3n) is 4.69. The maximum atomic E-state index is 11.3. The largest absolute Gasteiger partial charge is 0.508 e. The second-order valence-corrected chi connectivity index (χ2v) is 7.82. The normalized spacial score (nSPS) is 17.2. The van der Waals surface area contributed by atoms with Gasteiger partial charge in [0.25, 0.3) is 0 Å². The number of hydrogen-bond donors (Lipinski definition) is 3. The van der Waals surface area contributed by atoms with Gasteiger partial charge in [0.05, 0.1) is 12.8 Å². The Labute approximate surface area is 172 Å². The number of phenols is 1. The highest BCUT2D eigenvalue weighted by atomic mass is 32.2. The lowest BCUT2D eigenvalue weighted by atomic mass is 10.2. The number of rotatable bonds is 8. The summed E-state index contributed by atoms with van der Waals surface area (Å²) in [6.45, 7) is 4.18. The summed E-state index contributed by atoms with van der Waals surface area (Å²) in [6, 6.07) is 14.1. The van der Waals surface area contributed by atoms with Crippen LogP contribution in [0, 0.1) is 0 Å². The summed E-state index contributed by atoms with van der Waals surface area (Å²) in [7, 11) is -0.697. The van der Waals surface area contributed by atoms with Gasteiger partial charge < -0.3 is 19.8 Å². The molecule has 0 bridgehead atoms. The van der Waals surface area contributed by atoms with Crippen molar-refractivity contribution in [1.29, 1.82) is 0 Å². The third kappa shape index (κ3) is 6.60. The summed E-state index contributed by atoms with van der Waals surface area (Å²) >= 11 is 0. The van der Waals surface area contributed by atoms with E-state index in [1.807, 2.05) is 12.1 Å². The summed E-state index contributed by atoms with van der Waals surface area (Å²) < 4.78 is 25.4. The Morgan fingerprint density at radius 3 is 2.34 bits per heavy atom. The van der Waals surface area contributed by atoms with Crippen LogP contribution in [0.15, 0.2) is 52.9 Å². The Hall–Kier alpha value is -2.33. The number of aromatic hydroxyl groups is 1. The van der Waals surface area contributed by atoms with Gasteiger partial charge in [-0.05, 0) is 48.5 Å². The van der Waals surface area contributed by atoms with E-state index in [4.69, 9.17) is 4.74 Å². The zero-order valence-electron chi connectivity index (χ0n) is 16.3. The molecule has 0 spiro atoms. The number of piperazine rings is 1. The first-order valence-corrected chi connectivity index (χ1v) is 10.6. The molecule has 2 aromatic carbocycles. The first kappa shape index (κ1) is 21.4. The Morgan fingerprint density at radius 2 is 1.72 bits per heavy atom. The molecular formula is C20H27N3O5S. The van der Waals surface area contributed by atoms with Gasteiger partial charge in [-0.2, -0.15) is 4.36 Å². The average Bonchev–Trinajstić information content (AvgIpc) is 2.74. The molecule has 158 valence electrons. The second kappa shape index (κ2) is 10.4. The smallest absolute Gasteiger partial charge is 0.156 e. The quantitative estimate of drug-likeness (QED) is 0.560. The fraction of sp³-hybridized carbons (Fsp3) is 0.400. The molecule has 0 saturated carbocycles. The van der Waals surface area contributed by atoms with Gasteiger partial charge in [0.1, 0.15) is 24.2 Å². The van der Waals surface area contributed by atoms with Crippen molar-refractivity contribution >= 4 is 22.3 Å². The first-order valence-electron chi connectivity index (χ1n) is 9.44. The lowest BCUT2D eigenvalue weighted by Gasteiger charge is -2.36. The predicted octanol–water partition coefficient (Wildman–Crippen LogP) is 1.81. The van der Waals surface area contributed by atoms with Gasteiger partial charge in [-0.3, -0.25) is 9.08 Å². The Bertz CT molecular complexity index is 845. The fourth-order valence-electron chi connectivity index (χ4n) is 3.14. The minimum atomic E-state index is -2.04. The van der Waals surface area contributed by atoms with Crippen LogP contribution in [0.1, 0.15) is 0 Å². The maximum absolute atomic E-state index is 11.3. The van der Waals surface area contributed by atoms with Gasteiger partial charge in [-0.1, -0.05) is 0 Å². The molecule has 2 aromatic rings. The van der Waals surface area contributed by atoms with Gasteiger partial charge in [0, 0.05) is 38.4 Å². The van der Waals surface area contributed by atoms with Crippen molar-refractivity contribution in [2.75, 3.05) is 51.3 Å². The molecule has 2 N–H and O–H groups in total. The van der Waals surface area contributed by atoms with E-state index in [2.05, 4.69) is 18.3 Å². The summed E-state index contributed by atoms with van der Waals surface area (Å²) in [4.78, 5) is 4.48. The lowest BCUT2D eigenvalue weighted by molar-refractivity contribution is 0.0663. The Morgan fingerprint density at radius 1 is 1.07 bits per heavy atom. The molecule has 2 atom stereocenters. The van der Waals surface area contributed by atoms with Crippen molar-refractivity contribution in [2.24, 2.45) is 4.36 Å². The minimum absolute atomic E-state index is 0.195. The van der Waals surface area contributed by atoms with Gasteiger partial charge >= 0.3 is 0 Å². The number of β-amino-alcohol motifs (C(OH)–C–C–N with tert-alkyl or cyclic N) is 1. The topological polar surface area (TPSA) is 94.8 Å². The second-order valence-electron chi connectivity index (χ2n) is 6.78. The number of anilines is 1. The Balaban J connectivity index is 1.40. The standard InChI is InChI=1S/C20H27N3O5S/c1-27-29(26)21-16-2-8-20(9-3-16)28-15-19(25)14-22-10-12-23(13-11-22)17-4-6-18(24)7-5-17/h2-9,19,24-25,29H,10-15H2,1H3. The molecule has 0 aliphatic carbocycles. The molecule has 1 aliphatic rings. The average molecular weight is 422 g/mol. The highest BCUT2D eigenvalue weighted by Gasteiger charge is 2.19. The molecule has 0 radical (unpaired) electrons. The molecule has 1 heterocycles. The number of ether oxygens (including phenoxy) is 1. The van der Waals surface area contributed by atoms with Crippen LogP contribution in [0.5, 0.6) is 11.5 Å². The van der Waals surface area contributed by atoms with Crippen molar-refractivity contribution in [2.45, 2.75) is 6.10 Å². The van der Waals surface area contributed by atoms with E-state index in [9.17, 15) is 14.4 Å². The highest BCUT2D eigenvalue weighted by molar-refractivity contribution is 7.69. The van der Waals surface area contributed by atoms with Crippen LogP contribution in [0.2, 0.25) is 0 Å². The molecule has 1 fully saturated rings. The van der Waals surface area contributed by atoms with E-state index >= 15 is 0 Å². The van der Waals surface area contributed by atoms with Crippen molar-refractivity contribution in [3.8, 4) is 11.5 Å². The minimum Gasteiger partial charge on any atom is -0.508 e. The van der Waals surface area contributed by atoms with Crippen LogP contribution in [0.3, 0.4) is 0 Å². The molecule has 0 amide bonds. The molecule has 9 heteroatoms. The van der Waals surface area contributed by atoms with Crippen LogP contribution in [0.25, 0.3) is 0 Å². The van der Waals surface area contributed by atoms with E-state index < -0.39 is 17.0 Å². The molecule has 29 heavy (non-hydrogen) atoms. The summed E-state index contributed by atoms with van der Waals surface area (Å²) in [5, 5.41) is 19.7. The van der Waals surface area contributed by atoms with Crippen LogP contribution in [0.4, 0.5) is 11.4 Å².